The second-order valence-electron chi connectivity index (χ2n) is 6.80. The Morgan fingerprint density at radius 3 is 2.56 bits per heavy atom. The van der Waals surface area contributed by atoms with Gasteiger partial charge in [-0.25, -0.2) is 23.6 Å². The number of amides is 3. The number of urea groups is 1. The lowest BCUT2D eigenvalue weighted by Crippen LogP contribution is -2.48. The highest BCUT2D eigenvalue weighted by Gasteiger charge is 2.50. The molecule has 0 spiro atoms. The maximum atomic E-state index is 14.5. The number of benzene rings is 2. The number of primary amides is 1. The van der Waals surface area contributed by atoms with E-state index in [4.69, 9.17) is 11.5 Å². The number of carbonyl (C=O) groups excluding carboxylic acids is 2. The molecule has 3 amide bonds. The number of aliphatic hydroxyl groups excluding tert-OH is 1. The van der Waals surface area contributed by atoms with E-state index >= 15 is 0 Å². The molecule has 2 atom stereocenters. The SMILES string of the molecule is C[C@H](O)C(=O)N1N=C(c2cc(F)ccc2F)SC1(CN=C(N)NC(N)=O)c1ccccc1. The summed E-state index contributed by atoms with van der Waals surface area (Å²) in [6.07, 6.45) is -1.45. The number of hydrazone groups is 1. The van der Waals surface area contributed by atoms with Crippen LogP contribution in [0.15, 0.2) is 58.6 Å². The molecule has 2 aromatic rings. The molecule has 6 N–H and O–H groups in total. The molecule has 0 aliphatic carbocycles. The first-order chi connectivity index (χ1) is 15.1. The highest BCUT2D eigenvalue weighted by atomic mass is 32.2. The van der Waals surface area contributed by atoms with E-state index in [0.717, 1.165) is 35.0 Å². The van der Waals surface area contributed by atoms with E-state index in [0.29, 0.717) is 5.56 Å². The quantitative estimate of drug-likeness (QED) is 0.392. The average molecular weight is 462 g/mol. The van der Waals surface area contributed by atoms with Crippen LogP contribution in [0.4, 0.5) is 13.6 Å². The third-order valence-corrected chi connectivity index (χ3v) is 5.83. The minimum atomic E-state index is -1.45. The number of guanidine groups is 1. The minimum Gasteiger partial charge on any atom is -0.383 e. The molecule has 0 bridgehead atoms. The smallest absolute Gasteiger partial charge is 0.318 e. The molecule has 0 aromatic heterocycles. The first-order valence-corrected chi connectivity index (χ1v) is 10.1. The van der Waals surface area contributed by atoms with E-state index in [-0.39, 0.29) is 23.1 Å². The highest BCUT2D eigenvalue weighted by molar-refractivity contribution is 8.15. The van der Waals surface area contributed by atoms with Crippen LogP contribution >= 0.6 is 11.8 Å². The predicted molar refractivity (Wildman–Crippen MR) is 116 cm³/mol. The Morgan fingerprint density at radius 1 is 1.25 bits per heavy atom. The van der Waals surface area contributed by atoms with E-state index in [1.54, 1.807) is 30.3 Å². The second kappa shape index (κ2) is 9.32. The van der Waals surface area contributed by atoms with Gasteiger partial charge in [0.25, 0.3) is 5.91 Å². The fraction of sp³-hybridized carbons (Fsp3) is 0.200. The van der Waals surface area contributed by atoms with Crippen LogP contribution in [0, 0.1) is 11.6 Å². The molecule has 0 saturated heterocycles. The van der Waals surface area contributed by atoms with Gasteiger partial charge in [0, 0.05) is 5.56 Å². The van der Waals surface area contributed by atoms with Crippen molar-refractivity contribution in [2.45, 2.75) is 17.9 Å². The van der Waals surface area contributed by atoms with Crippen molar-refractivity contribution < 1.29 is 23.5 Å². The fourth-order valence-corrected chi connectivity index (χ4v) is 4.31. The van der Waals surface area contributed by atoms with Crippen LogP contribution in [0.5, 0.6) is 0 Å². The Labute approximate surface area is 186 Å². The molecule has 1 heterocycles. The molecule has 0 fully saturated rings. The number of nitrogens with one attached hydrogen (secondary N) is 1. The Balaban J connectivity index is 2.16. The van der Waals surface area contributed by atoms with E-state index in [1.807, 2.05) is 0 Å². The van der Waals surface area contributed by atoms with Gasteiger partial charge in [0.2, 0.25) is 0 Å². The molecule has 9 nitrogen and oxygen atoms in total. The van der Waals surface area contributed by atoms with Gasteiger partial charge in [-0.05, 0) is 30.7 Å². The molecule has 0 saturated carbocycles. The van der Waals surface area contributed by atoms with Crippen LogP contribution in [-0.4, -0.2) is 45.7 Å². The Hall–Kier alpha value is -3.51. The van der Waals surface area contributed by atoms with Gasteiger partial charge in [-0.3, -0.25) is 10.1 Å². The maximum absolute atomic E-state index is 14.5. The Bertz CT molecular complexity index is 1100. The van der Waals surface area contributed by atoms with Crippen molar-refractivity contribution in [1.82, 2.24) is 10.3 Å². The zero-order valence-corrected chi connectivity index (χ0v) is 17.6. The number of carbonyl (C=O) groups is 2. The Kier molecular flexibility index (Phi) is 6.75. The summed E-state index contributed by atoms with van der Waals surface area (Å²) < 4.78 is 28.3. The third-order valence-electron chi connectivity index (χ3n) is 4.46. The van der Waals surface area contributed by atoms with Gasteiger partial charge < -0.3 is 16.6 Å². The van der Waals surface area contributed by atoms with Crippen molar-refractivity contribution >= 4 is 34.7 Å². The third kappa shape index (κ3) is 4.70. The summed E-state index contributed by atoms with van der Waals surface area (Å²) in [5.74, 6) is -2.55. The topological polar surface area (TPSA) is 146 Å². The molecular weight excluding hydrogens is 442 g/mol. The average Bonchev–Trinajstić information content (AvgIpc) is 3.14. The molecule has 1 aliphatic rings. The van der Waals surface area contributed by atoms with E-state index in [1.165, 1.54) is 6.92 Å². The lowest BCUT2D eigenvalue weighted by Gasteiger charge is -2.35. The van der Waals surface area contributed by atoms with Crippen molar-refractivity contribution in [3.8, 4) is 0 Å². The number of hydrogen-bond acceptors (Lipinski definition) is 6. The van der Waals surface area contributed by atoms with Gasteiger partial charge in [-0.15, -0.1) is 0 Å². The van der Waals surface area contributed by atoms with Gasteiger partial charge in [-0.2, -0.15) is 5.10 Å². The number of nitrogens with two attached hydrogens (primary N) is 2. The molecule has 32 heavy (non-hydrogen) atoms. The summed E-state index contributed by atoms with van der Waals surface area (Å²) in [7, 11) is 0. The van der Waals surface area contributed by atoms with Crippen LogP contribution < -0.4 is 16.8 Å². The normalized spacial score (nSPS) is 19.4. The first-order valence-electron chi connectivity index (χ1n) is 9.31. The summed E-state index contributed by atoms with van der Waals surface area (Å²) in [4.78, 5) is 26.7. The molecule has 2 aromatic carbocycles. The summed E-state index contributed by atoms with van der Waals surface area (Å²) in [6.45, 7) is 1.00. The van der Waals surface area contributed by atoms with Gasteiger partial charge in [0.15, 0.2) is 10.8 Å². The number of hydrogen-bond donors (Lipinski definition) is 4. The zero-order valence-electron chi connectivity index (χ0n) is 16.8. The first kappa shape index (κ1) is 23.2. The van der Waals surface area contributed by atoms with Crippen molar-refractivity contribution in [2.75, 3.05) is 6.54 Å². The van der Waals surface area contributed by atoms with Gasteiger partial charge in [-0.1, -0.05) is 42.1 Å². The lowest BCUT2D eigenvalue weighted by molar-refractivity contribution is -0.142. The van der Waals surface area contributed by atoms with Crippen LogP contribution in [-0.2, 0) is 9.67 Å². The summed E-state index contributed by atoms with van der Waals surface area (Å²) in [6, 6.07) is 10.5. The van der Waals surface area contributed by atoms with E-state index < -0.39 is 34.5 Å². The predicted octanol–water partition coefficient (Wildman–Crippen LogP) is 1.42. The molecule has 12 heteroatoms. The molecule has 1 unspecified atom stereocenters. The van der Waals surface area contributed by atoms with Crippen molar-refractivity contribution in [3.63, 3.8) is 0 Å². The van der Waals surface area contributed by atoms with Gasteiger partial charge in [0.1, 0.15) is 22.8 Å². The summed E-state index contributed by atoms with van der Waals surface area (Å²) >= 11 is 0.933. The largest absolute Gasteiger partial charge is 0.383 e. The number of nitrogens with zero attached hydrogens (tertiary/aromatic N) is 3. The fourth-order valence-electron chi connectivity index (χ4n) is 3.00. The monoisotopic (exact) mass is 462 g/mol. The van der Waals surface area contributed by atoms with Crippen LogP contribution in [0.25, 0.3) is 0 Å². The maximum Gasteiger partial charge on any atom is 0.318 e. The number of aliphatic hydroxyl groups is 1. The molecule has 1 aliphatic heterocycles. The number of thioether (sulfide) groups is 1. The Morgan fingerprint density at radius 2 is 1.94 bits per heavy atom. The molecule has 0 radical (unpaired) electrons. The van der Waals surface area contributed by atoms with Gasteiger partial charge in [0.05, 0.1) is 6.54 Å². The molecular formula is C20H20F2N6O3S. The second-order valence-corrected chi connectivity index (χ2v) is 8.06. The lowest BCUT2D eigenvalue weighted by atomic mass is 10.1. The standard InChI is InChI=1S/C20H20F2N6O3S/c1-11(29)17(30)28-20(12-5-3-2-4-6-12,10-25-18(23)26-19(24)31)32-16(27-28)14-9-13(21)7-8-15(14)22/h2-9,11,29H,10H2,1H3,(H5,23,24,25,26,31)/t11-,20?/m0/s1. The number of halogens is 2. The number of rotatable bonds is 5. The van der Waals surface area contributed by atoms with Crippen LogP contribution in [0.2, 0.25) is 0 Å². The summed E-state index contributed by atoms with van der Waals surface area (Å²) in [5, 5.41) is 17.3. The number of aliphatic imine (C=N–C) groups is 1. The zero-order chi connectivity index (χ0) is 23.5. The van der Waals surface area contributed by atoms with Crippen LogP contribution in [0.1, 0.15) is 18.1 Å². The van der Waals surface area contributed by atoms with Gasteiger partial charge >= 0.3 is 6.03 Å². The van der Waals surface area contributed by atoms with E-state index in [2.05, 4.69) is 15.4 Å². The summed E-state index contributed by atoms with van der Waals surface area (Å²) in [5.41, 5.74) is 11.1. The van der Waals surface area contributed by atoms with E-state index in [9.17, 15) is 23.5 Å². The molecule has 3 rings (SSSR count). The highest BCUT2D eigenvalue weighted by Crippen LogP contribution is 2.48. The van der Waals surface area contributed by atoms with Crippen molar-refractivity contribution in [1.29, 1.82) is 0 Å². The van der Waals surface area contributed by atoms with Crippen LogP contribution in [0.3, 0.4) is 0 Å². The van der Waals surface area contributed by atoms with Crippen molar-refractivity contribution in [3.05, 3.63) is 71.3 Å². The molecule has 168 valence electrons. The minimum absolute atomic E-state index is 0.00325. The van der Waals surface area contributed by atoms with Crippen molar-refractivity contribution in [2.24, 2.45) is 21.6 Å².